The van der Waals surface area contributed by atoms with E-state index in [0.29, 0.717) is 6.54 Å². The molecule has 0 aliphatic heterocycles. The molecule has 3 aromatic heterocycles. The average molecular weight is 356 g/mol. The van der Waals surface area contributed by atoms with Crippen LogP contribution in [-0.2, 0) is 6.54 Å². The van der Waals surface area contributed by atoms with Gasteiger partial charge in [0.15, 0.2) is 5.69 Å². The Balaban J connectivity index is 1.39. The zero-order valence-corrected chi connectivity index (χ0v) is 14.4. The highest BCUT2D eigenvalue weighted by molar-refractivity contribution is 5.91. The fourth-order valence-electron chi connectivity index (χ4n) is 2.54. The van der Waals surface area contributed by atoms with Crippen LogP contribution in [0.5, 0.6) is 0 Å². The van der Waals surface area contributed by atoms with Gasteiger partial charge in [-0.05, 0) is 35.9 Å². The van der Waals surface area contributed by atoms with Crippen molar-refractivity contribution in [1.82, 2.24) is 30.3 Å². The average Bonchev–Trinajstić information content (AvgIpc) is 3.24. The highest BCUT2D eigenvalue weighted by Crippen LogP contribution is 2.15. The van der Waals surface area contributed by atoms with Crippen molar-refractivity contribution < 1.29 is 4.79 Å². The number of hydrogen-bond donors (Lipinski definition) is 1. The number of nitrogens with one attached hydrogen (secondary N) is 1. The summed E-state index contributed by atoms with van der Waals surface area (Å²) in [6, 6.07) is 17.1. The molecule has 3 heterocycles. The fraction of sp³-hybridized carbons (Fsp3) is 0.0500. The molecule has 1 N–H and O–H groups in total. The molecule has 0 saturated heterocycles. The lowest BCUT2D eigenvalue weighted by atomic mass is 10.1. The Morgan fingerprint density at radius 3 is 2.59 bits per heavy atom. The SMILES string of the molecule is O=C(NCc1ccc(-c2cccnc2)nc1)c1cnn(-c2ccccc2)n1. The maximum Gasteiger partial charge on any atom is 0.273 e. The number of amides is 1. The number of aromatic nitrogens is 5. The lowest BCUT2D eigenvalue weighted by Crippen LogP contribution is -2.23. The van der Waals surface area contributed by atoms with Gasteiger partial charge >= 0.3 is 0 Å². The van der Waals surface area contributed by atoms with Crippen LogP contribution < -0.4 is 5.32 Å². The summed E-state index contributed by atoms with van der Waals surface area (Å²) in [7, 11) is 0. The second kappa shape index (κ2) is 7.57. The fourth-order valence-corrected chi connectivity index (χ4v) is 2.54. The summed E-state index contributed by atoms with van der Waals surface area (Å²) in [5.74, 6) is -0.284. The summed E-state index contributed by atoms with van der Waals surface area (Å²) in [5, 5.41) is 11.2. The van der Waals surface area contributed by atoms with Gasteiger partial charge in [-0.2, -0.15) is 9.90 Å². The molecule has 0 saturated carbocycles. The molecule has 0 radical (unpaired) electrons. The van der Waals surface area contributed by atoms with E-state index in [0.717, 1.165) is 22.5 Å². The van der Waals surface area contributed by atoms with Crippen molar-refractivity contribution in [2.75, 3.05) is 0 Å². The van der Waals surface area contributed by atoms with Gasteiger partial charge in [0.2, 0.25) is 0 Å². The summed E-state index contributed by atoms with van der Waals surface area (Å²) in [6.45, 7) is 0.358. The van der Waals surface area contributed by atoms with Gasteiger partial charge in [-0.25, -0.2) is 0 Å². The van der Waals surface area contributed by atoms with Crippen LogP contribution >= 0.6 is 0 Å². The Morgan fingerprint density at radius 2 is 1.85 bits per heavy atom. The monoisotopic (exact) mass is 356 g/mol. The summed E-state index contributed by atoms with van der Waals surface area (Å²) in [4.78, 5) is 22.2. The topological polar surface area (TPSA) is 85.6 Å². The maximum atomic E-state index is 12.3. The van der Waals surface area contributed by atoms with Crippen molar-refractivity contribution in [3.63, 3.8) is 0 Å². The van der Waals surface area contributed by atoms with E-state index in [-0.39, 0.29) is 11.6 Å². The molecule has 27 heavy (non-hydrogen) atoms. The third kappa shape index (κ3) is 3.87. The number of hydrogen-bond acceptors (Lipinski definition) is 5. The molecule has 0 aliphatic rings. The Kier molecular flexibility index (Phi) is 4.65. The summed E-state index contributed by atoms with van der Waals surface area (Å²) < 4.78 is 0. The third-order valence-corrected chi connectivity index (χ3v) is 3.95. The highest BCUT2D eigenvalue weighted by atomic mass is 16.2. The van der Waals surface area contributed by atoms with Crippen molar-refractivity contribution in [3.8, 4) is 16.9 Å². The van der Waals surface area contributed by atoms with Gasteiger partial charge in [0.1, 0.15) is 0 Å². The summed E-state index contributed by atoms with van der Waals surface area (Å²) >= 11 is 0. The molecule has 4 aromatic rings. The molecule has 7 nitrogen and oxygen atoms in total. The molecule has 0 fully saturated rings. The van der Waals surface area contributed by atoms with Crippen molar-refractivity contribution >= 4 is 5.91 Å². The second-order valence-electron chi connectivity index (χ2n) is 5.83. The minimum atomic E-state index is -0.284. The minimum absolute atomic E-state index is 0.263. The van der Waals surface area contributed by atoms with Crippen LogP contribution in [0.2, 0.25) is 0 Å². The lowest BCUT2D eigenvalue weighted by molar-refractivity contribution is 0.0945. The molecule has 7 heteroatoms. The van der Waals surface area contributed by atoms with E-state index in [1.54, 1.807) is 18.6 Å². The molecule has 0 aliphatic carbocycles. The van der Waals surface area contributed by atoms with Crippen LogP contribution in [0, 0.1) is 0 Å². The van der Waals surface area contributed by atoms with Gasteiger partial charge in [-0.3, -0.25) is 14.8 Å². The van der Waals surface area contributed by atoms with Crippen LogP contribution in [0.25, 0.3) is 16.9 Å². The summed E-state index contributed by atoms with van der Waals surface area (Å²) in [6.07, 6.45) is 6.68. The van der Waals surface area contributed by atoms with Gasteiger partial charge in [-0.1, -0.05) is 24.3 Å². The predicted molar refractivity (Wildman–Crippen MR) is 100.0 cm³/mol. The number of nitrogens with zero attached hydrogens (tertiary/aromatic N) is 5. The number of para-hydroxylation sites is 1. The number of benzene rings is 1. The third-order valence-electron chi connectivity index (χ3n) is 3.95. The lowest BCUT2D eigenvalue weighted by Gasteiger charge is -2.05. The van der Waals surface area contributed by atoms with E-state index in [9.17, 15) is 4.79 Å². The van der Waals surface area contributed by atoms with Crippen molar-refractivity contribution in [2.24, 2.45) is 0 Å². The summed E-state index contributed by atoms with van der Waals surface area (Å²) in [5.41, 5.74) is 3.74. The molecule has 4 rings (SSSR count). The quantitative estimate of drug-likeness (QED) is 0.594. The Hall–Kier alpha value is -3.87. The number of carbonyl (C=O) groups excluding carboxylic acids is 1. The zero-order valence-electron chi connectivity index (χ0n) is 14.4. The Labute approximate surface area is 155 Å². The van der Waals surface area contributed by atoms with Crippen molar-refractivity contribution in [3.05, 3.63) is 90.6 Å². The van der Waals surface area contributed by atoms with E-state index >= 15 is 0 Å². The van der Waals surface area contributed by atoms with Crippen LogP contribution in [0.15, 0.2) is 79.4 Å². The molecule has 1 aromatic carbocycles. The first-order valence-electron chi connectivity index (χ1n) is 8.41. The molecular formula is C20H16N6O. The molecular weight excluding hydrogens is 340 g/mol. The molecule has 0 bridgehead atoms. The number of carbonyl (C=O) groups is 1. The van der Waals surface area contributed by atoms with Gasteiger partial charge in [-0.15, -0.1) is 5.10 Å². The van der Waals surface area contributed by atoms with Crippen LogP contribution in [0.4, 0.5) is 0 Å². The van der Waals surface area contributed by atoms with E-state index in [4.69, 9.17) is 0 Å². The molecule has 0 spiro atoms. The van der Waals surface area contributed by atoms with Crippen LogP contribution in [-0.4, -0.2) is 30.9 Å². The number of pyridine rings is 2. The molecule has 132 valence electrons. The smallest absolute Gasteiger partial charge is 0.273 e. The number of rotatable bonds is 5. The maximum absolute atomic E-state index is 12.3. The first-order valence-corrected chi connectivity index (χ1v) is 8.41. The molecule has 0 atom stereocenters. The van der Waals surface area contributed by atoms with E-state index in [2.05, 4.69) is 25.5 Å². The van der Waals surface area contributed by atoms with Gasteiger partial charge in [0, 0.05) is 30.7 Å². The zero-order chi connectivity index (χ0) is 18.5. The van der Waals surface area contributed by atoms with Gasteiger partial charge < -0.3 is 5.32 Å². The Bertz CT molecular complexity index is 1030. The van der Waals surface area contributed by atoms with Gasteiger partial charge in [0.25, 0.3) is 5.91 Å². The van der Waals surface area contributed by atoms with E-state index < -0.39 is 0 Å². The normalized spacial score (nSPS) is 10.5. The molecule has 1 amide bonds. The van der Waals surface area contributed by atoms with Gasteiger partial charge in [0.05, 0.1) is 17.6 Å². The Morgan fingerprint density at radius 1 is 0.963 bits per heavy atom. The second-order valence-corrected chi connectivity index (χ2v) is 5.83. The van der Waals surface area contributed by atoms with Crippen LogP contribution in [0.3, 0.4) is 0 Å². The largest absolute Gasteiger partial charge is 0.346 e. The minimum Gasteiger partial charge on any atom is -0.346 e. The van der Waals surface area contributed by atoms with E-state index in [1.165, 1.54) is 11.0 Å². The first-order chi connectivity index (χ1) is 13.3. The standard InChI is InChI=1S/C20H16N6O/c27-20(19-14-24-26(25-19)17-6-2-1-3-7-17)23-12-15-8-9-18(22-11-15)16-5-4-10-21-13-16/h1-11,13-14H,12H2,(H,23,27). The molecule has 0 unspecified atom stereocenters. The predicted octanol–water partition coefficient (Wildman–Crippen LogP) is 2.65. The van der Waals surface area contributed by atoms with Crippen LogP contribution in [0.1, 0.15) is 16.1 Å². The van der Waals surface area contributed by atoms with Crippen molar-refractivity contribution in [2.45, 2.75) is 6.54 Å². The highest BCUT2D eigenvalue weighted by Gasteiger charge is 2.11. The van der Waals surface area contributed by atoms with Crippen molar-refractivity contribution in [1.29, 1.82) is 0 Å². The van der Waals surface area contributed by atoms with E-state index in [1.807, 2.05) is 54.6 Å². The first kappa shape index (κ1) is 16.6.